The topological polar surface area (TPSA) is 29.5 Å². The van der Waals surface area contributed by atoms with Crippen LogP contribution in [0.5, 0.6) is 5.75 Å². The molecule has 4 heteroatoms. The van der Waals surface area contributed by atoms with Crippen LogP contribution in [0.15, 0.2) is 59.5 Å². The highest BCUT2D eigenvalue weighted by molar-refractivity contribution is 7.99. The summed E-state index contributed by atoms with van der Waals surface area (Å²) >= 11 is 1.74. The molecular formula is C20H23NO2S. The fourth-order valence-corrected chi connectivity index (χ4v) is 4.04. The van der Waals surface area contributed by atoms with Crippen LogP contribution in [0.25, 0.3) is 0 Å². The van der Waals surface area contributed by atoms with E-state index in [9.17, 15) is 4.79 Å². The summed E-state index contributed by atoms with van der Waals surface area (Å²) in [6, 6.07) is 18.5. The van der Waals surface area contributed by atoms with E-state index in [2.05, 4.69) is 24.3 Å². The molecule has 0 radical (unpaired) electrons. The number of ether oxygens (including phenoxy) is 1. The van der Waals surface area contributed by atoms with Crippen LogP contribution in [0.4, 0.5) is 0 Å². The van der Waals surface area contributed by atoms with Crippen molar-refractivity contribution < 1.29 is 9.53 Å². The lowest BCUT2D eigenvalue weighted by atomic mass is 10.0. The van der Waals surface area contributed by atoms with Crippen LogP contribution >= 0.6 is 11.8 Å². The van der Waals surface area contributed by atoms with Crippen LogP contribution in [-0.4, -0.2) is 30.2 Å². The molecule has 0 saturated carbocycles. The van der Waals surface area contributed by atoms with Gasteiger partial charge in [0.25, 0.3) is 0 Å². The van der Waals surface area contributed by atoms with E-state index in [0.717, 1.165) is 30.9 Å². The van der Waals surface area contributed by atoms with Crippen molar-refractivity contribution in [3.63, 3.8) is 0 Å². The highest BCUT2D eigenvalue weighted by atomic mass is 32.2. The van der Waals surface area contributed by atoms with Crippen LogP contribution in [0.2, 0.25) is 0 Å². The maximum Gasteiger partial charge on any atom is 0.223 e. The number of carbonyl (C=O) groups excluding carboxylic acids is 1. The molecule has 0 spiro atoms. The zero-order chi connectivity index (χ0) is 16.8. The SMILES string of the molecule is COc1cccc(C2CCCN2C(=O)CCSc2ccccc2)c1. The van der Waals surface area contributed by atoms with E-state index in [1.807, 2.05) is 35.2 Å². The van der Waals surface area contributed by atoms with E-state index >= 15 is 0 Å². The van der Waals surface area contributed by atoms with Gasteiger partial charge in [0.1, 0.15) is 5.75 Å². The van der Waals surface area contributed by atoms with E-state index in [1.54, 1.807) is 18.9 Å². The van der Waals surface area contributed by atoms with Gasteiger partial charge >= 0.3 is 0 Å². The summed E-state index contributed by atoms with van der Waals surface area (Å²) in [5.74, 6) is 1.93. The maximum atomic E-state index is 12.7. The van der Waals surface area contributed by atoms with Crippen LogP contribution in [0, 0.1) is 0 Å². The van der Waals surface area contributed by atoms with Gasteiger partial charge in [-0.2, -0.15) is 0 Å². The third-order valence-corrected chi connectivity index (χ3v) is 5.39. The summed E-state index contributed by atoms with van der Waals surface area (Å²) in [7, 11) is 1.68. The van der Waals surface area contributed by atoms with E-state index in [-0.39, 0.29) is 11.9 Å². The Morgan fingerprint density at radius 1 is 1.21 bits per heavy atom. The molecule has 1 heterocycles. The molecule has 1 saturated heterocycles. The van der Waals surface area contributed by atoms with Gasteiger partial charge in [-0.05, 0) is 42.7 Å². The highest BCUT2D eigenvalue weighted by Gasteiger charge is 2.29. The molecule has 126 valence electrons. The first-order valence-electron chi connectivity index (χ1n) is 8.39. The van der Waals surface area contributed by atoms with E-state index in [1.165, 1.54) is 10.5 Å². The average Bonchev–Trinajstić information content (AvgIpc) is 3.12. The number of hydrogen-bond donors (Lipinski definition) is 0. The first kappa shape index (κ1) is 16.9. The van der Waals surface area contributed by atoms with Crippen molar-refractivity contribution in [2.75, 3.05) is 19.4 Å². The number of benzene rings is 2. The Hall–Kier alpha value is -1.94. The Morgan fingerprint density at radius 3 is 2.83 bits per heavy atom. The first-order chi connectivity index (χ1) is 11.8. The van der Waals surface area contributed by atoms with Crippen molar-refractivity contribution in [2.24, 2.45) is 0 Å². The molecule has 2 aromatic rings. The van der Waals surface area contributed by atoms with Crippen molar-refractivity contribution >= 4 is 17.7 Å². The maximum absolute atomic E-state index is 12.7. The summed E-state index contributed by atoms with van der Waals surface area (Å²) in [5.41, 5.74) is 1.18. The van der Waals surface area contributed by atoms with Gasteiger partial charge in [-0.25, -0.2) is 0 Å². The molecule has 1 aliphatic heterocycles. The molecule has 3 nitrogen and oxygen atoms in total. The molecule has 1 fully saturated rings. The minimum absolute atomic E-state index is 0.189. The lowest BCUT2D eigenvalue weighted by Crippen LogP contribution is -2.30. The molecule has 0 aromatic heterocycles. The molecule has 2 aromatic carbocycles. The fourth-order valence-electron chi connectivity index (χ4n) is 3.18. The largest absolute Gasteiger partial charge is 0.497 e. The molecule has 0 bridgehead atoms. The number of thioether (sulfide) groups is 1. The Kier molecular flexibility index (Phi) is 5.81. The van der Waals surface area contributed by atoms with Gasteiger partial charge < -0.3 is 9.64 Å². The third-order valence-electron chi connectivity index (χ3n) is 4.38. The predicted molar refractivity (Wildman–Crippen MR) is 98.5 cm³/mol. The van der Waals surface area contributed by atoms with E-state index in [0.29, 0.717) is 6.42 Å². The van der Waals surface area contributed by atoms with Crippen LogP contribution < -0.4 is 4.74 Å². The lowest BCUT2D eigenvalue weighted by molar-refractivity contribution is -0.131. The first-order valence-corrected chi connectivity index (χ1v) is 9.38. The van der Waals surface area contributed by atoms with E-state index in [4.69, 9.17) is 4.74 Å². The Balaban J connectivity index is 1.59. The van der Waals surface area contributed by atoms with Gasteiger partial charge in [0.15, 0.2) is 0 Å². The molecule has 0 N–H and O–H groups in total. The second kappa shape index (κ2) is 8.25. The summed E-state index contributed by atoms with van der Waals surface area (Å²) in [4.78, 5) is 15.9. The van der Waals surface area contributed by atoms with Gasteiger partial charge in [0.2, 0.25) is 5.91 Å². The summed E-state index contributed by atoms with van der Waals surface area (Å²) < 4.78 is 5.32. The standard InChI is InChI=1S/C20H23NO2S/c1-23-17-8-5-7-16(15-17)19-11-6-13-21(19)20(22)12-14-24-18-9-3-2-4-10-18/h2-5,7-10,15,19H,6,11-14H2,1H3. The molecule has 0 aliphatic carbocycles. The van der Waals surface area contributed by atoms with Crippen LogP contribution in [-0.2, 0) is 4.79 Å². The number of carbonyl (C=O) groups is 1. The van der Waals surface area contributed by atoms with Gasteiger partial charge in [0.05, 0.1) is 13.2 Å². The molecule has 1 aliphatic rings. The van der Waals surface area contributed by atoms with Crippen LogP contribution in [0.1, 0.15) is 30.9 Å². The zero-order valence-corrected chi connectivity index (χ0v) is 14.8. The smallest absolute Gasteiger partial charge is 0.223 e. The van der Waals surface area contributed by atoms with Crippen molar-refractivity contribution in [3.05, 3.63) is 60.2 Å². The normalized spacial score (nSPS) is 17.0. The third kappa shape index (κ3) is 4.12. The summed E-state index contributed by atoms with van der Waals surface area (Å²) in [6.07, 6.45) is 2.68. The molecular weight excluding hydrogens is 318 g/mol. The second-order valence-corrected chi connectivity index (χ2v) is 7.10. The Morgan fingerprint density at radius 2 is 2.04 bits per heavy atom. The highest BCUT2D eigenvalue weighted by Crippen LogP contribution is 2.34. The van der Waals surface area contributed by atoms with E-state index < -0.39 is 0 Å². The zero-order valence-electron chi connectivity index (χ0n) is 14.0. The number of nitrogens with zero attached hydrogens (tertiary/aromatic N) is 1. The molecule has 1 unspecified atom stereocenters. The number of likely N-dealkylation sites (tertiary alicyclic amines) is 1. The fraction of sp³-hybridized carbons (Fsp3) is 0.350. The van der Waals surface area contributed by atoms with Gasteiger partial charge in [0, 0.05) is 23.6 Å². The quantitative estimate of drug-likeness (QED) is 0.722. The molecule has 3 rings (SSSR count). The Labute approximate surface area is 148 Å². The number of amides is 1. The number of hydrogen-bond acceptors (Lipinski definition) is 3. The van der Waals surface area contributed by atoms with Crippen molar-refractivity contribution in [2.45, 2.75) is 30.2 Å². The lowest BCUT2D eigenvalue weighted by Gasteiger charge is -2.25. The number of rotatable bonds is 6. The molecule has 1 amide bonds. The van der Waals surface area contributed by atoms with Crippen molar-refractivity contribution in [1.29, 1.82) is 0 Å². The minimum Gasteiger partial charge on any atom is -0.497 e. The molecule has 24 heavy (non-hydrogen) atoms. The van der Waals surface area contributed by atoms with Crippen molar-refractivity contribution in [1.82, 2.24) is 4.90 Å². The molecule has 1 atom stereocenters. The van der Waals surface area contributed by atoms with Gasteiger partial charge in [-0.3, -0.25) is 4.79 Å². The Bertz CT molecular complexity index is 674. The van der Waals surface area contributed by atoms with Gasteiger partial charge in [-0.15, -0.1) is 11.8 Å². The minimum atomic E-state index is 0.189. The second-order valence-electron chi connectivity index (χ2n) is 5.93. The van der Waals surface area contributed by atoms with Gasteiger partial charge in [-0.1, -0.05) is 30.3 Å². The predicted octanol–water partition coefficient (Wildman–Crippen LogP) is 4.54. The van der Waals surface area contributed by atoms with Crippen LogP contribution in [0.3, 0.4) is 0 Å². The number of methoxy groups -OCH3 is 1. The average molecular weight is 341 g/mol. The summed E-state index contributed by atoms with van der Waals surface area (Å²) in [5, 5.41) is 0. The monoisotopic (exact) mass is 341 g/mol. The van der Waals surface area contributed by atoms with Crippen molar-refractivity contribution in [3.8, 4) is 5.75 Å². The summed E-state index contributed by atoms with van der Waals surface area (Å²) in [6.45, 7) is 0.858.